The summed E-state index contributed by atoms with van der Waals surface area (Å²) in [5.41, 5.74) is 2.88. The molecule has 0 heterocycles. The lowest BCUT2D eigenvalue weighted by atomic mass is 10.0. The topological polar surface area (TPSA) is 90.0 Å². The largest absolute Gasteiger partial charge is 0.354 e. The van der Waals surface area contributed by atoms with E-state index >= 15 is 0 Å². The fourth-order valence-electron chi connectivity index (χ4n) is 4.56. The number of carbonyl (C=O) groups excluding carboxylic acids is 2. The van der Waals surface area contributed by atoms with Gasteiger partial charge in [-0.15, -0.1) is 0 Å². The Labute approximate surface area is 249 Å². The molecule has 3 aromatic carbocycles. The lowest BCUT2D eigenvalue weighted by Gasteiger charge is -2.35. The van der Waals surface area contributed by atoms with Crippen molar-refractivity contribution in [3.8, 4) is 0 Å². The zero-order chi connectivity index (χ0) is 30.9. The highest BCUT2D eigenvalue weighted by atomic mass is 32.2. The molecule has 0 aliphatic heterocycles. The van der Waals surface area contributed by atoms with Crippen molar-refractivity contribution in [2.24, 2.45) is 0 Å². The van der Waals surface area contributed by atoms with Gasteiger partial charge in [-0.1, -0.05) is 74.0 Å². The lowest BCUT2D eigenvalue weighted by Crippen LogP contribution is -2.54. The molecule has 0 spiro atoms. The van der Waals surface area contributed by atoms with Crippen molar-refractivity contribution in [1.82, 2.24) is 14.5 Å². The van der Waals surface area contributed by atoms with E-state index in [-0.39, 0.29) is 24.4 Å². The third-order valence-corrected chi connectivity index (χ3v) is 8.86. The van der Waals surface area contributed by atoms with Crippen LogP contribution >= 0.6 is 0 Å². The lowest BCUT2D eigenvalue weighted by molar-refractivity contribution is -0.140. The van der Waals surface area contributed by atoms with E-state index in [1.807, 2.05) is 50.2 Å². The average Bonchev–Trinajstić information content (AvgIpc) is 2.96. The Morgan fingerprint density at radius 1 is 0.952 bits per heavy atom. The van der Waals surface area contributed by atoms with Gasteiger partial charge in [0.05, 0.1) is 5.69 Å². The van der Waals surface area contributed by atoms with Crippen LogP contribution in [0.2, 0.25) is 0 Å². The first-order chi connectivity index (χ1) is 19.9. The van der Waals surface area contributed by atoms with Gasteiger partial charge in [-0.25, -0.2) is 8.70 Å². The number of anilines is 1. The first kappa shape index (κ1) is 32.8. The molecule has 226 valence electrons. The van der Waals surface area contributed by atoms with Gasteiger partial charge >= 0.3 is 10.2 Å². The van der Waals surface area contributed by atoms with Gasteiger partial charge in [0, 0.05) is 39.2 Å². The van der Waals surface area contributed by atoms with Crippen LogP contribution in [0.3, 0.4) is 0 Å². The zero-order valence-electron chi connectivity index (χ0n) is 25.0. The van der Waals surface area contributed by atoms with E-state index in [1.165, 1.54) is 25.1 Å². The second-order valence-electron chi connectivity index (χ2n) is 10.5. The molecule has 0 aliphatic carbocycles. The third kappa shape index (κ3) is 8.39. The smallest absolute Gasteiger partial charge is 0.304 e. The number of hydrogen-bond acceptors (Lipinski definition) is 4. The van der Waals surface area contributed by atoms with E-state index in [0.29, 0.717) is 17.8 Å². The molecule has 10 heteroatoms. The molecule has 3 aromatic rings. The van der Waals surface area contributed by atoms with E-state index in [1.54, 1.807) is 37.3 Å². The summed E-state index contributed by atoms with van der Waals surface area (Å²) in [6.07, 6.45) is 1.80. The van der Waals surface area contributed by atoms with E-state index in [4.69, 9.17) is 0 Å². The quantitative estimate of drug-likeness (QED) is 0.275. The van der Waals surface area contributed by atoms with E-state index in [0.717, 1.165) is 32.6 Å². The van der Waals surface area contributed by atoms with Gasteiger partial charge in [0.25, 0.3) is 0 Å². The van der Waals surface area contributed by atoms with Gasteiger partial charge in [0.2, 0.25) is 11.8 Å². The second-order valence-corrected chi connectivity index (χ2v) is 12.6. The molecule has 8 nitrogen and oxygen atoms in total. The monoisotopic (exact) mass is 596 g/mol. The Hall–Kier alpha value is -3.76. The summed E-state index contributed by atoms with van der Waals surface area (Å²) in [5, 5.41) is 2.92. The summed E-state index contributed by atoms with van der Waals surface area (Å²) in [6.45, 7) is 5.25. The minimum atomic E-state index is -4.12. The van der Waals surface area contributed by atoms with E-state index < -0.39 is 34.5 Å². The summed E-state index contributed by atoms with van der Waals surface area (Å²) >= 11 is 0. The van der Waals surface area contributed by atoms with Crippen LogP contribution in [0, 0.1) is 19.7 Å². The van der Waals surface area contributed by atoms with Gasteiger partial charge in [0.1, 0.15) is 18.4 Å². The molecule has 0 fully saturated rings. The molecule has 1 N–H and O–H groups in total. The van der Waals surface area contributed by atoms with Crippen LogP contribution in [-0.4, -0.2) is 62.7 Å². The first-order valence-corrected chi connectivity index (χ1v) is 15.5. The van der Waals surface area contributed by atoms with Crippen LogP contribution in [0.1, 0.15) is 42.0 Å². The number of nitrogens with one attached hydrogen (secondary N) is 1. The summed E-state index contributed by atoms with van der Waals surface area (Å²) in [6, 6.07) is 19.7. The molecular formula is C32H41FN4O4S. The van der Waals surface area contributed by atoms with Crippen LogP contribution in [0.15, 0.2) is 72.8 Å². The summed E-state index contributed by atoms with van der Waals surface area (Å²) in [5.74, 6) is -1.53. The summed E-state index contributed by atoms with van der Waals surface area (Å²) in [7, 11) is -1.32. The average molecular weight is 597 g/mol. The second kappa shape index (κ2) is 14.9. The Morgan fingerprint density at radius 3 is 2.26 bits per heavy atom. The van der Waals surface area contributed by atoms with Crippen molar-refractivity contribution in [2.75, 3.05) is 31.5 Å². The predicted octanol–water partition coefficient (Wildman–Crippen LogP) is 4.61. The minimum Gasteiger partial charge on any atom is -0.354 e. The van der Waals surface area contributed by atoms with Crippen LogP contribution in [0.25, 0.3) is 0 Å². The molecule has 0 radical (unpaired) electrons. The summed E-state index contributed by atoms with van der Waals surface area (Å²) in [4.78, 5) is 29.2. The SMILES string of the molecule is CCCCNC(=O)[C@@H](Cc1ccccc1)N(Cc1ccccc1F)C(=O)CN(c1cc(C)ccc1C)S(=O)(=O)N(C)C. The minimum absolute atomic E-state index is 0.170. The van der Waals surface area contributed by atoms with Crippen molar-refractivity contribution in [3.05, 3.63) is 101 Å². The molecule has 0 unspecified atom stereocenters. The predicted molar refractivity (Wildman–Crippen MR) is 165 cm³/mol. The van der Waals surface area contributed by atoms with Crippen LogP contribution < -0.4 is 9.62 Å². The van der Waals surface area contributed by atoms with Gasteiger partial charge in [-0.2, -0.15) is 12.7 Å². The standard InChI is InChI=1S/C32H41FN4O4S/c1-6-7-19-34-32(39)30(21-26-13-9-8-10-14-26)36(22-27-15-11-12-16-28(27)33)31(38)23-37(42(40,41)35(4)5)29-20-24(2)17-18-25(29)3/h8-18,20,30H,6-7,19,21-23H2,1-5H3,(H,34,39)/t30-/m1/s1. The fourth-order valence-corrected chi connectivity index (χ4v) is 5.67. The number of nitrogens with zero attached hydrogens (tertiary/aromatic N) is 3. The molecule has 2 amide bonds. The molecule has 0 bridgehead atoms. The zero-order valence-corrected chi connectivity index (χ0v) is 25.8. The van der Waals surface area contributed by atoms with Gasteiger partial charge < -0.3 is 10.2 Å². The fraction of sp³-hybridized carbons (Fsp3) is 0.375. The van der Waals surface area contributed by atoms with Crippen molar-refractivity contribution in [2.45, 2.75) is 52.6 Å². The number of aryl methyl sites for hydroxylation is 2. The van der Waals surface area contributed by atoms with Gasteiger partial charge in [-0.3, -0.25) is 9.59 Å². The Morgan fingerprint density at radius 2 is 1.62 bits per heavy atom. The Balaban J connectivity index is 2.12. The van der Waals surface area contributed by atoms with Gasteiger partial charge in [0.15, 0.2) is 0 Å². The number of benzene rings is 3. The highest BCUT2D eigenvalue weighted by Gasteiger charge is 2.35. The van der Waals surface area contributed by atoms with Crippen LogP contribution in [0.5, 0.6) is 0 Å². The third-order valence-electron chi connectivity index (χ3n) is 7.05. The molecule has 1 atom stereocenters. The number of rotatable bonds is 14. The molecular weight excluding hydrogens is 555 g/mol. The Kier molecular flexibility index (Phi) is 11.6. The van der Waals surface area contributed by atoms with Gasteiger partial charge in [-0.05, 0) is 49.1 Å². The molecule has 0 saturated carbocycles. The van der Waals surface area contributed by atoms with E-state index in [2.05, 4.69) is 5.32 Å². The number of hydrogen-bond donors (Lipinski definition) is 1. The van der Waals surface area contributed by atoms with Crippen molar-refractivity contribution in [3.63, 3.8) is 0 Å². The Bertz CT molecular complexity index is 1460. The number of halogens is 1. The first-order valence-electron chi connectivity index (χ1n) is 14.1. The van der Waals surface area contributed by atoms with Crippen molar-refractivity contribution < 1.29 is 22.4 Å². The molecule has 3 rings (SSSR count). The highest BCUT2D eigenvalue weighted by Crippen LogP contribution is 2.26. The van der Waals surface area contributed by atoms with Crippen LogP contribution in [-0.2, 0) is 32.8 Å². The molecule has 0 aliphatic rings. The maximum absolute atomic E-state index is 14.9. The maximum atomic E-state index is 14.9. The number of carbonyl (C=O) groups is 2. The normalized spacial score (nSPS) is 12.2. The molecule has 0 saturated heterocycles. The summed E-state index contributed by atoms with van der Waals surface area (Å²) < 4.78 is 44.2. The molecule has 42 heavy (non-hydrogen) atoms. The highest BCUT2D eigenvalue weighted by molar-refractivity contribution is 7.90. The van der Waals surface area contributed by atoms with Crippen molar-refractivity contribution in [1.29, 1.82) is 0 Å². The van der Waals surface area contributed by atoms with E-state index in [9.17, 15) is 22.4 Å². The van der Waals surface area contributed by atoms with Crippen LogP contribution in [0.4, 0.5) is 10.1 Å². The number of unbranched alkanes of at least 4 members (excludes halogenated alkanes) is 1. The molecule has 0 aromatic heterocycles. The maximum Gasteiger partial charge on any atom is 0.304 e. The number of amides is 2. The van der Waals surface area contributed by atoms with Crippen molar-refractivity contribution >= 4 is 27.7 Å².